The number of hydrogen-bond acceptors (Lipinski definition) is 6. The molecule has 3 N–H and O–H groups in total. The molecule has 6 heteroatoms. The summed E-state index contributed by atoms with van der Waals surface area (Å²) in [6.45, 7) is 3.07. The number of unbranched alkanes of at least 4 members (excludes halogenated alkanes) is 1. The summed E-state index contributed by atoms with van der Waals surface area (Å²) >= 11 is 0. The van der Waals surface area contributed by atoms with E-state index in [4.69, 9.17) is 10.5 Å². The van der Waals surface area contributed by atoms with Crippen LogP contribution in [0, 0.1) is 0 Å². The number of ether oxygens (including phenoxy) is 1. The molecule has 0 bridgehead atoms. The summed E-state index contributed by atoms with van der Waals surface area (Å²) in [5.74, 6) is 2.12. The van der Waals surface area contributed by atoms with Gasteiger partial charge in [-0.3, -0.25) is 0 Å². The number of hydrogen-bond donors (Lipinski definition) is 2. The summed E-state index contributed by atoms with van der Waals surface area (Å²) in [4.78, 5) is 10.6. The lowest BCUT2D eigenvalue weighted by atomic mass is 10.3. The van der Waals surface area contributed by atoms with Gasteiger partial charge >= 0.3 is 0 Å². The molecule has 2 rings (SSSR count). The van der Waals surface area contributed by atoms with E-state index >= 15 is 0 Å². The average molecular weight is 301 g/mol. The highest BCUT2D eigenvalue weighted by Crippen LogP contribution is 2.29. The van der Waals surface area contributed by atoms with Gasteiger partial charge in [0.15, 0.2) is 11.6 Å². The molecule has 1 aromatic heterocycles. The second kappa shape index (κ2) is 7.49. The number of benzene rings is 1. The van der Waals surface area contributed by atoms with Crippen molar-refractivity contribution < 1.29 is 4.74 Å². The largest absolute Gasteiger partial charge is 0.497 e. The van der Waals surface area contributed by atoms with Gasteiger partial charge in [-0.25, -0.2) is 9.97 Å². The van der Waals surface area contributed by atoms with Crippen LogP contribution in [0.5, 0.6) is 5.75 Å². The summed E-state index contributed by atoms with van der Waals surface area (Å²) in [5.41, 5.74) is 7.63. The quantitative estimate of drug-likeness (QED) is 0.818. The Morgan fingerprint density at radius 1 is 1.32 bits per heavy atom. The van der Waals surface area contributed by atoms with Crippen molar-refractivity contribution in [1.29, 1.82) is 0 Å². The van der Waals surface area contributed by atoms with E-state index in [1.807, 2.05) is 31.3 Å². The van der Waals surface area contributed by atoms with Crippen LogP contribution >= 0.6 is 0 Å². The molecule has 2 aromatic rings. The third kappa shape index (κ3) is 3.78. The topological polar surface area (TPSA) is 76.3 Å². The van der Waals surface area contributed by atoms with Gasteiger partial charge in [0.25, 0.3) is 0 Å². The molecule has 6 nitrogen and oxygen atoms in total. The SMILES string of the molecule is CCCCN(C)c1ncnc(Nc2cccc(OC)c2)c1N. The minimum Gasteiger partial charge on any atom is -0.497 e. The number of aromatic nitrogens is 2. The van der Waals surface area contributed by atoms with Crippen LogP contribution < -0.4 is 20.7 Å². The van der Waals surface area contributed by atoms with Gasteiger partial charge in [0.1, 0.15) is 17.8 Å². The van der Waals surface area contributed by atoms with Gasteiger partial charge in [-0.2, -0.15) is 0 Å². The van der Waals surface area contributed by atoms with Crippen molar-refractivity contribution in [3.63, 3.8) is 0 Å². The van der Waals surface area contributed by atoms with E-state index in [-0.39, 0.29) is 0 Å². The van der Waals surface area contributed by atoms with Crippen molar-refractivity contribution in [2.75, 3.05) is 36.7 Å². The van der Waals surface area contributed by atoms with E-state index in [1.54, 1.807) is 7.11 Å². The van der Waals surface area contributed by atoms with Crippen LogP contribution in [0.1, 0.15) is 19.8 Å². The van der Waals surface area contributed by atoms with Crippen LogP contribution in [0.3, 0.4) is 0 Å². The zero-order chi connectivity index (χ0) is 15.9. The molecule has 0 aliphatic heterocycles. The van der Waals surface area contributed by atoms with E-state index in [0.29, 0.717) is 11.5 Å². The van der Waals surface area contributed by atoms with Crippen LogP contribution in [0.4, 0.5) is 23.0 Å². The van der Waals surface area contributed by atoms with Gasteiger partial charge in [-0.1, -0.05) is 19.4 Å². The molecule has 0 aliphatic rings. The van der Waals surface area contributed by atoms with Crippen LogP contribution in [-0.2, 0) is 0 Å². The maximum Gasteiger partial charge on any atom is 0.159 e. The van der Waals surface area contributed by atoms with Gasteiger partial charge in [0.2, 0.25) is 0 Å². The molecule has 0 fully saturated rings. The number of rotatable bonds is 7. The van der Waals surface area contributed by atoms with E-state index in [2.05, 4.69) is 27.1 Å². The highest BCUT2D eigenvalue weighted by Gasteiger charge is 2.12. The number of anilines is 4. The molecule has 1 aromatic carbocycles. The molecular weight excluding hydrogens is 278 g/mol. The first-order valence-electron chi connectivity index (χ1n) is 7.38. The predicted molar refractivity (Wildman–Crippen MR) is 90.9 cm³/mol. The van der Waals surface area contributed by atoms with Gasteiger partial charge in [-0.15, -0.1) is 0 Å². The van der Waals surface area contributed by atoms with Crippen LogP contribution in [0.25, 0.3) is 0 Å². The predicted octanol–water partition coefficient (Wildman–Crippen LogP) is 3.05. The van der Waals surface area contributed by atoms with E-state index < -0.39 is 0 Å². The minimum absolute atomic E-state index is 0.545. The molecule has 118 valence electrons. The van der Waals surface area contributed by atoms with Gasteiger partial charge < -0.3 is 20.7 Å². The Kier molecular flexibility index (Phi) is 5.41. The molecule has 1 heterocycles. The van der Waals surface area contributed by atoms with Crippen molar-refractivity contribution in [2.24, 2.45) is 0 Å². The van der Waals surface area contributed by atoms with Gasteiger partial charge in [0, 0.05) is 25.3 Å². The second-order valence-corrected chi connectivity index (χ2v) is 5.09. The summed E-state index contributed by atoms with van der Waals surface area (Å²) in [5, 5.41) is 3.22. The van der Waals surface area contributed by atoms with Crippen molar-refractivity contribution in [1.82, 2.24) is 9.97 Å². The summed E-state index contributed by atoms with van der Waals surface area (Å²) < 4.78 is 5.22. The highest BCUT2D eigenvalue weighted by molar-refractivity contribution is 5.78. The lowest BCUT2D eigenvalue weighted by Crippen LogP contribution is -2.21. The standard InChI is InChI=1S/C16H23N5O/c1-4-5-9-21(2)16-14(17)15(18-11-19-16)20-12-7-6-8-13(10-12)22-3/h6-8,10-11H,4-5,9,17H2,1-3H3,(H,18,19,20). The molecular formula is C16H23N5O. The third-order valence-electron chi connectivity index (χ3n) is 3.40. The first-order valence-corrected chi connectivity index (χ1v) is 7.38. The molecule has 0 saturated heterocycles. The fourth-order valence-corrected chi connectivity index (χ4v) is 2.13. The first-order chi connectivity index (χ1) is 10.7. The van der Waals surface area contributed by atoms with Crippen molar-refractivity contribution in [2.45, 2.75) is 19.8 Å². The van der Waals surface area contributed by atoms with Crippen LogP contribution in [0.2, 0.25) is 0 Å². The summed E-state index contributed by atoms with van der Waals surface area (Å²) in [7, 11) is 3.63. The first kappa shape index (κ1) is 15.9. The Balaban J connectivity index is 2.21. The molecule has 22 heavy (non-hydrogen) atoms. The molecule has 0 radical (unpaired) electrons. The number of nitrogen functional groups attached to an aromatic ring is 1. The van der Waals surface area contributed by atoms with Crippen LogP contribution in [-0.4, -0.2) is 30.7 Å². The average Bonchev–Trinajstić information content (AvgIpc) is 2.54. The number of methoxy groups -OCH3 is 1. The fourth-order valence-electron chi connectivity index (χ4n) is 2.13. The van der Waals surface area contributed by atoms with Gasteiger partial charge in [0.05, 0.1) is 7.11 Å². The fraction of sp³-hybridized carbons (Fsp3) is 0.375. The number of nitrogens with zero attached hydrogens (tertiary/aromatic N) is 3. The smallest absolute Gasteiger partial charge is 0.159 e. The monoisotopic (exact) mass is 301 g/mol. The normalized spacial score (nSPS) is 10.3. The zero-order valence-corrected chi connectivity index (χ0v) is 13.3. The Bertz CT molecular complexity index is 617. The molecule has 0 saturated carbocycles. The molecule has 0 unspecified atom stereocenters. The van der Waals surface area contributed by atoms with Crippen molar-refractivity contribution in [3.05, 3.63) is 30.6 Å². The highest BCUT2D eigenvalue weighted by atomic mass is 16.5. The van der Waals surface area contributed by atoms with Crippen molar-refractivity contribution >= 4 is 23.0 Å². The Morgan fingerprint density at radius 2 is 2.14 bits per heavy atom. The molecule has 0 spiro atoms. The molecule has 0 aliphatic carbocycles. The van der Waals surface area contributed by atoms with Crippen molar-refractivity contribution in [3.8, 4) is 5.75 Å². The number of nitrogens with one attached hydrogen (secondary N) is 1. The van der Waals surface area contributed by atoms with E-state index in [9.17, 15) is 0 Å². The maximum atomic E-state index is 6.21. The molecule has 0 amide bonds. The Hall–Kier alpha value is -2.50. The lowest BCUT2D eigenvalue weighted by molar-refractivity contribution is 0.415. The molecule has 0 atom stereocenters. The Labute approximate surface area is 131 Å². The zero-order valence-electron chi connectivity index (χ0n) is 13.3. The second-order valence-electron chi connectivity index (χ2n) is 5.09. The number of nitrogens with two attached hydrogens (primary N) is 1. The Morgan fingerprint density at radius 3 is 2.86 bits per heavy atom. The van der Waals surface area contributed by atoms with Gasteiger partial charge in [-0.05, 0) is 18.6 Å². The third-order valence-corrected chi connectivity index (χ3v) is 3.40. The minimum atomic E-state index is 0.545. The maximum absolute atomic E-state index is 6.21. The van der Waals surface area contributed by atoms with E-state index in [0.717, 1.165) is 36.6 Å². The lowest BCUT2D eigenvalue weighted by Gasteiger charge is -2.20. The van der Waals surface area contributed by atoms with Crippen LogP contribution in [0.15, 0.2) is 30.6 Å². The van der Waals surface area contributed by atoms with E-state index in [1.165, 1.54) is 6.33 Å². The summed E-state index contributed by atoms with van der Waals surface area (Å²) in [6, 6.07) is 7.62. The summed E-state index contributed by atoms with van der Waals surface area (Å²) in [6.07, 6.45) is 3.75.